The molecule has 8 heteroatoms. The summed E-state index contributed by atoms with van der Waals surface area (Å²) in [5.74, 6) is -1.34. The number of hydrogen-bond donors (Lipinski definition) is 1. The SMILES string of the molecule is CC(C)(C)OC(=O)c1c2nc3c(C(=O)OC(C)(C)C)cccc3oc-2cc(=O)c1N. The van der Waals surface area contributed by atoms with Gasteiger partial charge in [0.15, 0.2) is 11.3 Å². The number of carbonyl (C=O) groups excluding carboxylic acids is 2. The number of rotatable bonds is 2. The van der Waals surface area contributed by atoms with Crippen LogP contribution in [0.1, 0.15) is 62.3 Å². The number of benzene rings is 2. The maximum Gasteiger partial charge on any atom is 0.343 e. The molecule has 1 aromatic carbocycles. The number of para-hydroxylation sites is 1. The van der Waals surface area contributed by atoms with Crippen LogP contribution < -0.4 is 11.2 Å². The lowest BCUT2D eigenvalue weighted by Gasteiger charge is -2.21. The third-order valence-electron chi connectivity index (χ3n) is 3.93. The maximum absolute atomic E-state index is 12.8. The first-order valence-corrected chi connectivity index (χ1v) is 9.39. The molecule has 8 nitrogen and oxygen atoms in total. The minimum atomic E-state index is -0.815. The molecule has 0 amide bonds. The first kappa shape index (κ1) is 21.3. The van der Waals surface area contributed by atoms with Gasteiger partial charge in [-0.3, -0.25) is 4.79 Å². The van der Waals surface area contributed by atoms with Crippen LogP contribution in [0.3, 0.4) is 0 Å². The summed E-state index contributed by atoms with van der Waals surface area (Å²) >= 11 is 0. The largest absolute Gasteiger partial charge is 0.456 e. The highest BCUT2D eigenvalue weighted by Gasteiger charge is 2.29. The number of nitrogens with two attached hydrogens (primary N) is 1. The van der Waals surface area contributed by atoms with Crippen LogP contribution in [0.2, 0.25) is 0 Å². The van der Waals surface area contributed by atoms with Crippen molar-refractivity contribution >= 4 is 28.7 Å². The number of fused-ring (bicyclic) bond motifs is 2. The molecule has 1 aliphatic carbocycles. The van der Waals surface area contributed by atoms with Gasteiger partial charge in [0.25, 0.3) is 0 Å². The van der Waals surface area contributed by atoms with E-state index in [1.807, 2.05) is 0 Å². The summed E-state index contributed by atoms with van der Waals surface area (Å²) in [4.78, 5) is 42.2. The van der Waals surface area contributed by atoms with E-state index < -0.39 is 28.6 Å². The summed E-state index contributed by atoms with van der Waals surface area (Å²) in [5, 5.41) is 0. The van der Waals surface area contributed by atoms with Gasteiger partial charge < -0.3 is 19.6 Å². The first-order valence-electron chi connectivity index (χ1n) is 9.39. The van der Waals surface area contributed by atoms with Gasteiger partial charge in [-0.05, 0) is 53.7 Å². The van der Waals surface area contributed by atoms with Crippen LogP contribution in [0.4, 0.5) is 5.69 Å². The van der Waals surface area contributed by atoms with Crippen molar-refractivity contribution in [2.75, 3.05) is 5.73 Å². The van der Waals surface area contributed by atoms with E-state index in [9.17, 15) is 14.4 Å². The second-order valence-corrected chi connectivity index (χ2v) is 8.88. The molecule has 0 radical (unpaired) electrons. The van der Waals surface area contributed by atoms with Gasteiger partial charge in [-0.25, -0.2) is 14.6 Å². The molecule has 0 atom stereocenters. The van der Waals surface area contributed by atoms with Crippen molar-refractivity contribution in [2.24, 2.45) is 0 Å². The summed E-state index contributed by atoms with van der Waals surface area (Å²) in [7, 11) is 0. The molecule has 2 aliphatic rings. The minimum Gasteiger partial charge on any atom is -0.456 e. The zero-order chi connectivity index (χ0) is 22.4. The predicted molar refractivity (Wildman–Crippen MR) is 112 cm³/mol. The van der Waals surface area contributed by atoms with Gasteiger partial charge in [-0.2, -0.15) is 0 Å². The molecule has 1 aliphatic heterocycles. The molecule has 0 bridgehead atoms. The molecule has 0 spiro atoms. The fourth-order valence-corrected chi connectivity index (χ4v) is 2.81. The number of anilines is 1. The lowest BCUT2D eigenvalue weighted by molar-refractivity contribution is 0.00595. The Hall–Kier alpha value is -3.42. The summed E-state index contributed by atoms with van der Waals surface area (Å²) in [6.45, 7) is 10.3. The number of hydrogen-bond acceptors (Lipinski definition) is 8. The maximum atomic E-state index is 12.8. The Kier molecular flexibility index (Phi) is 5.06. The molecule has 158 valence electrons. The van der Waals surface area contributed by atoms with E-state index in [1.54, 1.807) is 59.7 Å². The Labute approximate surface area is 173 Å². The van der Waals surface area contributed by atoms with Gasteiger partial charge in [0.1, 0.15) is 28.0 Å². The zero-order valence-corrected chi connectivity index (χ0v) is 17.8. The van der Waals surface area contributed by atoms with Gasteiger partial charge in [-0.15, -0.1) is 0 Å². The fourth-order valence-electron chi connectivity index (χ4n) is 2.81. The monoisotopic (exact) mass is 412 g/mol. The van der Waals surface area contributed by atoms with E-state index in [0.717, 1.165) is 6.07 Å². The molecule has 3 rings (SSSR count). The van der Waals surface area contributed by atoms with Gasteiger partial charge >= 0.3 is 11.9 Å². The van der Waals surface area contributed by atoms with Crippen molar-refractivity contribution in [1.82, 2.24) is 4.98 Å². The highest BCUT2D eigenvalue weighted by molar-refractivity contribution is 6.05. The van der Waals surface area contributed by atoms with Gasteiger partial charge in [0.05, 0.1) is 11.3 Å². The topological polar surface area (TPSA) is 122 Å². The molecule has 1 aromatic rings. The van der Waals surface area contributed by atoms with E-state index in [1.165, 1.54) is 0 Å². The van der Waals surface area contributed by atoms with Gasteiger partial charge in [0, 0.05) is 6.07 Å². The van der Waals surface area contributed by atoms with Crippen LogP contribution in [0.15, 0.2) is 33.5 Å². The number of esters is 2. The van der Waals surface area contributed by atoms with Gasteiger partial charge in [0.2, 0.25) is 5.43 Å². The molecule has 0 saturated carbocycles. The quantitative estimate of drug-likeness (QED) is 0.383. The van der Waals surface area contributed by atoms with Crippen molar-refractivity contribution in [1.29, 1.82) is 0 Å². The summed E-state index contributed by atoms with van der Waals surface area (Å²) < 4.78 is 16.6. The Bertz CT molecular complexity index is 1180. The number of carbonyl (C=O) groups is 2. The number of nitrogens with zero attached hydrogens (tertiary/aromatic N) is 1. The second-order valence-electron chi connectivity index (χ2n) is 8.88. The van der Waals surface area contributed by atoms with Crippen LogP contribution in [0.25, 0.3) is 22.6 Å². The van der Waals surface area contributed by atoms with E-state index in [4.69, 9.17) is 19.6 Å². The lowest BCUT2D eigenvalue weighted by atomic mass is 10.0. The molecular formula is C22H24N2O6. The van der Waals surface area contributed by atoms with Crippen LogP contribution >= 0.6 is 0 Å². The lowest BCUT2D eigenvalue weighted by Crippen LogP contribution is -2.27. The fraction of sp³-hybridized carbons (Fsp3) is 0.364. The average molecular weight is 412 g/mol. The molecule has 0 aromatic heterocycles. The number of aromatic nitrogens is 1. The Morgan fingerprint density at radius 3 is 2.20 bits per heavy atom. The molecule has 0 fully saturated rings. The van der Waals surface area contributed by atoms with E-state index in [2.05, 4.69) is 4.98 Å². The van der Waals surface area contributed by atoms with Gasteiger partial charge in [-0.1, -0.05) is 6.07 Å². The standard InChI is InChI=1S/C22H24N2O6/c1-21(2,3)29-19(26)11-8-7-9-13-17(11)24-18-14(28-13)10-12(25)16(23)15(18)20(27)30-22(4,5)6/h7-10H,23H2,1-6H3. The molecule has 0 unspecified atom stereocenters. The van der Waals surface area contributed by atoms with Crippen molar-refractivity contribution < 1.29 is 23.5 Å². The van der Waals surface area contributed by atoms with Crippen LogP contribution in [0, 0.1) is 0 Å². The zero-order valence-electron chi connectivity index (χ0n) is 17.8. The number of nitrogen functional groups attached to an aromatic ring is 1. The molecule has 0 saturated heterocycles. The van der Waals surface area contributed by atoms with Crippen LogP contribution in [-0.4, -0.2) is 28.1 Å². The Morgan fingerprint density at radius 2 is 1.60 bits per heavy atom. The van der Waals surface area contributed by atoms with Crippen LogP contribution in [0.5, 0.6) is 0 Å². The Balaban J connectivity index is 2.30. The van der Waals surface area contributed by atoms with E-state index >= 15 is 0 Å². The summed E-state index contributed by atoms with van der Waals surface area (Å²) in [5.41, 5.74) is 3.93. The highest BCUT2D eigenvalue weighted by atomic mass is 16.6. The van der Waals surface area contributed by atoms with Crippen molar-refractivity contribution in [3.8, 4) is 11.5 Å². The third-order valence-corrected chi connectivity index (χ3v) is 3.93. The highest BCUT2D eigenvalue weighted by Crippen LogP contribution is 2.32. The molecular weight excluding hydrogens is 388 g/mol. The molecule has 2 N–H and O–H groups in total. The third kappa shape index (κ3) is 4.27. The Morgan fingerprint density at radius 1 is 1.00 bits per heavy atom. The first-order chi connectivity index (χ1) is 13.8. The second kappa shape index (κ2) is 7.12. The predicted octanol–water partition coefficient (Wildman–Crippen LogP) is 3.79. The molecule has 30 heavy (non-hydrogen) atoms. The smallest absolute Gasteiger partial charge is 0.343 e. The van der Waals surface area contributed by atoms with Crippen molar-refractivity contribution in [3.63, 3.8) is 0 Å². The van der Waals surface area contributed by atoms with Crippen molar-refractivity contribution in [3.05, 3.63) is 45.6 Å². The van der Waals surface area contributed by atoms with E-state index in [0.29, 0.717) is 0 Å². The molecule has 1 heterocycles. The average Bonchev–Trinajstić information content (AvgIpc) is 2.57. The van der Waals surface area contributed by atoms with E-state index in [-0.39, 0.29) is 39.4 Å². The number of ether oxygens (including phenoxy) is 2. The summed E-state index contributed by atoms with van der Waals surface area (Å²) in [6, 6.07) is 5.92. The van der Waals surface area contributed by atoms with Crippen LogP contribution in [-0.2, 0) is 9.47 Å². The van der Waals surface area contributed by atoms with Crippen molar-refractivity contribution in [2.45, 2.75) is 52.7 Å². The normalized spacial score (nSPS) is 12.2. The minimum absolute atomic E-state index is 0.0323. The summed E-state index contributed by atoms with van der Waals surface area (Å²) in [6.07, 6.45) is 0.